The minimum Gasteiger partial charge on any atom is -0.405 e. The molecule has 0 aliphatic carbocycles. The average molecular weight is 187 g/mol. The van der Waals surface area contributed by atoms with Crippen molar-refractivity contribution in [2.75, 3.05) is 0 Å². The molecule has 0 unspecified atom stereocenters. The van der Waals surface area contributed by atoms with Gasteiger partial charge in [0.15, 0.2) is 0 Å². The molecule has 1 nitrogen and oxygen atoms in total. The van der Waals surface area contributed by atoms with Gasteiger partial charge < -0.3 is 5.73 Å². The van der Waals surface area contributed by atoms with E-state index < -0.39 is 0 Å². The number of aryl methyl sites for hydroxylation is 1. The number of nitrogens with two attached hydrogens (primary N) is 1. The molecule has 0 aliphatic rings. The first-order chi connectivity index (χ1) is 6.76. The normalized spacial score (nSPS) is 12.3. The summed E-state index contributed by atoms with van der Waals surface area (Å²) in [4.78, 5) is 0. The van der Waals surface area contributed by atoms with Gasteiger partial charge in [-0.15, -0.1) is 0 Å². The topological polar surface area (TPSA) is 26.0 Å². The molecular formula is C13H17N. The summed E-state index contributed by atoms with van der Waals surface area (Å²) in [5.41, 5.74) is 9.23. The van der Waals surface area contributed by atoms with Crippen LogP contribution in [0, 0.1) is 6.92 Å². The SMILES string of the molecule is C/C=C(\C=C/N)Cc1ccc(C)cc1. The smallest absolute Gasteiger partial charge is 0.00285 e. The first-order valence-corrected chi connectivity index (χ1v) is 4.85. The molecule has 0 bridgehead atoms. The molecular weight excluding hydrogens is 170 g/mol. The van der Waals surface area contributed by atoms with Crippen molar-refractivity contribution in [3.8, 4) is 0 Å². The van der Waals surface area contributed by atoms with Crippen LogP contribution < -0.4 is 5.73 Å². The fraction of sp³-hybridized carbons (Fsp3) is 0.231. The average Bonchev–Trinajstić information content (AvgIpc) is 2.20. The van der Waals surface area contributed by atoms with Crippen molar-refractivity contribution in [3.63, 3.8) is 0 Å². The molecule has 0 spiro atoms. The number of hydrogen-bond acceptors (Lipinski definition) is 1. The zero-order chi connectivity index (χ0) is 10.4. The van der Waals surface area contributed by atoms with Crippen LogP contribution in [-0.4, -0.2) is 0 Å². The van der Waals surface area contributed by atoms with E-state index in [1.54, 1.807) is 6.20 Å². The molecule has 14 heavy (non-hydrogen) atoms. The first kappa shape index (κ1) is 10.6. The number of hydrogen-bond donors (Lipinski definition) is 1. The van der Waals surface area contributed by atoms with Gasteiger partial charge in [0.1, 0.15) is 0 Å². The second-order valence-electron chi connectivity index (χ2n) is 3.39. The molecule has 1 rings (SSSR count). The largest absolute Gasteiger partial charge is 0.405 e. The van der Waals surface area contributed by atoms with E-state index in [4.69, 9.17) is 5.73 Å². The summed E-state index contributed by atoms with van der Waals surface area (Å²) in [6.45, 7) is 4.13. The third-order valence-electron chi connectivity index (χ3n) is 2.21. The molecule has 0 saturated heterocycles. The highest BCUT2D eigenvalue weighted by Gasteiger charge is 1.94. The molecule has 0 saturated carbocycles. The maximum Gasteiger partial charge on any atom is -0.00285 e. The quantitative estimate of drug-likeness (QED) is 0.723. The molecule has 0 amide bonds. The van der Waals surface area contributed by atoms with E-state index in [2.05, 4.69) is 37.3 Å². The van der Waals surface area contributed by atoms with E-state index in [-0.39, 0.29) is 0 Å². The fourth-order valence-corrected chi connectivity index (χ4v) is 1.32. The minimum atomic E-state index is 0.949. The third kappa shape index (κ3) is 3.09. The van der Waals surface area contributed by atoms with E-state index >= 15 is 0 Å². The summed E-state index contributed by atoms with van der Waals surface area (Å²) in [7, 11) is 0. The summed E-state index contributed by atoms with van der Waals surface area (Å²) >= 11 is 0. The van der Waals surface area contributed by atoms with Crippen molar-refractivity contribution < 1.29 is 0 Å². The van der Waals surface area contributed by atoms with Crippen molar-refractivity contribution in [2.45, 2.75) is 20.3 Å². The highest BCUT2D eigenvalue weighted by molar-refractivity contribution is 5.29. The molecule has 74 valence electrons. The third-order valence-corrected chi connectivity index (χ3v) is 2.21. The molecule has 2 N–H and O–H groups in total. The van der Waals surface area contributed by atoms with Gasteiger partial charge in [0, 0.05) is 0 Å². The van der Waals surface area contributed by atoms with Gasteiger partial charge in [-0.25, -0.2) is 0 Å². The second kappa shape index (κ2) is 5.28. The van der Waals surface area contributed by atoms with Gasteiger partial charge in [-0.05, 0) is 43.7 Å². The predicted octanol–water partition coefficient (Wildman–Crippen LogP) is 2.96. The van der Waals surface area contributed by atoms with Gasteiger partial charge in [-0.1, -0.05) is 35.9 Å². The van der Waals surface area contributed by atoms with Crippen LogP contribution >= 0.6 is 0 Å². The first-order valence-electron chi connectivity index (χ1n) is 4.85. The standard InChI is InChI=1S/C13H17N/c1-3-12(8-9-14)10-13-6-4-11(2)5-7-13/h3-9H,10,14H2,1-2H3/b9-8-,12-3+. The Morgan fingerprint density at radius 3 is 2.43 bits per heavy atom. The van der Waals surface area contributed by atoms with E-state index in [9.17, 15) is 0 Å². The summed E-state index contributed by atoms with van der Waals surface area (Å²) in [6.07, 6.45) is 6.57. The van der Waals surface area contributed by atoms with Gasteiger partial charge >= 0.3 is 0 Å². The lowest BCUT2D eigenvalue weighted by Crippen LogP contribution is -1.89. The second-order valence-corrected chi connectivity index (χ2v) is 3.39. The van der Waals surface area contributed by atoms with E-state index in [0.717, 1.165) is 6.42 Å². The number of rotatable bonds is 3. The van der Waals surface area contributed by atoms with Crippen LogP contribution in [0.5, 0.6) is 0 Å². The fourth-order valence-electron chi connectivity index (χ4n) is 1.32. The molecule has 0 heterocycles. The van der Waals surface area contributed by atoms with Crippen LogP contribution in [-0.2, 0) is 6.42 Å². The van der Waals surface area contributed by atoms with Gasteiger partial charge in [0.05, 0.1) is 0 Å². The minimum absolute atomic E-state index is 0.949. The van der Waals surface area contributed by atoms with Crippen molar-refractivity contribution >= 4 is 0 Å². The Bertz CT molecular complexity index is 331. The Kier molecular flexibility index (Phi) is 3.99. The zero-order valence-corrected chi connectivity index (χ0v) is 8.83. The molecule has 0 atom stereocenters. The maximum atomic E-state index is 5.36. The van der Waals surface area contributed by atoms with E-state index in [1.165, 1.54) is 16.7 Å². The van der Waals surface area contributed by atoms with Crippen LogP contribution in [0.3, 0.4) is 0 Å². The Hall–Kier alpha value is -1.50. The Balaban J connectivity index is 2.73. The van der Waals surface area contributed by atoms with Gasteiger partial charge in [-0.2, -0.15) is 0 Å². The van der Waals surface area contributed by atoms with E-state index in [0.29, 0.717) is 0 Å². The Morgan fingerprint density at radius 1 is 1.29 bits per heavy atom. The molecule has 1 aromatic rings. The van der Waals surface area contributed by atoms with Crippen LogP contribution in [0.1, 0.15) is 18.1 Å². The summed E-state index contributed by atoms with van der Waals surface area (Å²) < 4.78 is 0. The molecule has 0 aromatic heterocycles. The Morgan fingerprint density at radius 2 is 1.93 bits per heavy atom. The van der Waals surface area contributed by atoms with Crippen molar-refractivity contribution in [1.82, 2.24) is 0 Å². The van der Waals surface area contributed by atoms with Crippen LogP contribution in [0.15, 0.2) is 48.2 Å². The van der Waals surface area contributed by atoms with Gasteiger partial charge in [0.25, 0.3) is 0 Å². The van der Waals surface area contributed by atoms with Crippen molar-refractivity contribution in [3.05, 3.63) is 59.3 Å². The van der Waals surface area contributed by atoms with Crippen molar-refractivity contribution in [2.24, 2.45) is 5.73 Å². The number of allylic oxidation sites excluding steroid dienone is 3. The maximum absolute atomic E-state index is 5.36. The lowest BCUT2D eigenvalue weighted by Gasteiger charge is -2.02. The monoisotopic (exact) mass is 187 g/mol. The summed E-state index contributed by atoms with van der Waals surface area (Å²) in [5, 5.41) is 0. The lowest BCUT2D eigenvalue weighted by atomic mass is 10.0. The highest BCUT2D eigenvalue weighted by Crippen LogP contribution is 2.10. The van der Waals surface area contributed by atoms with Crippen molar-refractivity contribution in [1.29, 1.82) is 0 Å². The number of benzene rings is 1. The molecule has 0 aliphatic heterocycles. The van der Waals surface area contributed by atoms with Crippen LogP contribution in [0.25, 0.3) is 0 Å². The predicted molar refractivity (Wildman–Crippen MR) is 62.0 cm³/mol. The van der Waals surface area contributed by atoms with Crippen LogP contribution in [0.4, 0.5) is 0 Å². The lowest BCUT2D eigenvalue weighted by molar-refractivity contribution is 1.18. The zero-order valence-electron chi connectivity index (χ0n) is 8.83. The highest BCUT2D eigenvalue weighted by atomic mass is 14.5. The molecule has 1 aromatic carbocycles. The van der Waals surface area contributed by atoms with E-state index in [1.807, 2.05) is 13.0 Å². The summed E-state index contributed by atoms with van der Waals surface area (Å²) in [5.74, 6) is 0. The molecule has 1 heteroatoms. The van der Waals surface area contributed by atoms with Gasteiger partial charge in [-0.3, -0.25) is 0 Å². The van der Waals surface area contributed by atoms with Crippen LogP contribution in [0.2, 0.25) is 0 Å². The molecule has 0 radical (unpaired) electrons. The molecule has 0 fully saturated rings. The van der Waals surface area contributed by atoms with Gasteiger partial charge in [0.2, 0.25) is 0 Å². The Labute approximate surface area is 85.9 Å². The summed E-state index contributed by atoms with van der Waals surface area (Å²) in [6, 6.07) is 8.58.